The van der Waals surface area contributed by atoms with Crippen LogP contribution in [0.1, 0.15) is 43.1 Å². The van der Waals surface area contributed by atoms with Crippen molar-refractivity contribution in [3.8, 4) is 11.4 Å². The Labute approximate surface area is 158 Å². The number of H-pyrrole nitrogens is 1. The van der Waals surface area contributed by atoms with E-state index in [1.165, 1.54) is 5.56 Å². The summed E-state index contributed by atoms with van der Waals surface area (Å²) < 4.78 is 0. The number of carbonyl (C=O) groups excluding carboxylic acids is 1. The van der Waals surface area contributed by atoms with Crippen LogP contribution in [0.4, 0.5) is 0 Å². The number of piperidine rings is 1. The number of pyridine rings is 1. The molecule has 6 heteroatoms. The van der Waals surface area contributed by atoms with Gasteiger partial charge in [-0.15, -0.1) is 0 Å². The Morgan fingerprint density at radius 3 is 2.74 bits per heavy atom. The summed E-state index contributed by atoms with van der Waals surface area (Å²) >= 11 is 0. The van der Waals surface area contributed by atoms with Gasteiger partial charge in [-0.05, 0) is 43.4 Å². The van der Waals surface area contributed by atoms with Gasteiger partial charge in [0.1, 0.15) is 5.82 Å². The van der Waals surface area contributed by atoms with Gasteiger partial charge in [-0.3, -0.25) is 14.9 Å². The van der Waals surface area contributed by atoms with Gasteiger partial charge < -0.3 is 4.90 Å². The minimum atomic E-state index is -0.0230. The third-order valence-electron chi connectivity index (χ3n) is 5.05. The van der Waals surface area contributed by atoms with Crippen molar-refractivity contribution in [3.05, 3.63) is 66.2 Å². The Balaban J connectivity index is 1.47. The molecule has 1 saturated heterocycles. The van der Waals surface area contributed by atoms with E-state index in [0.29, 0.717) is 12.2 Å². The highest BCUT2D eigenvalue weighted by atomic mass is 16.2. The molecule has 3 aromatic rings. The number of benzene rings is 1. The van der Waals surface area contributed by atoms with Crippen molar-refractivity contribution >= 4 is 5.91 Å². The smallest absolute Gasteiger partial charge is 0.223 e. The number of hydrogen-bond donors (Lipinski definition) is 1. The fourth-order valence-electron chi connectivity index (χ4n) is 3.61. The van der Waals surface area contributed by atoms with Crippen molar-refractivity contribution in [2.75, 3.05) is 6.54 Å². The largest absolute Gasteiger partial charge is 0.332 e. The van der Waals surface area contributed by atoms with Gasteiger partial charge in [-0.2, -0.15) is 5.10 Å². The fourth-order valence-corrected chi connectivity index (χ4v) is 3.61. The molecule has 138 valence electrons. The number of carbonyl (C=O) groups is 1. The molecule has 1 unspecified atom stereocenters. The third-order valence-corrected chi connectivity index (χ3v) is 5.05. The molecule has 0 saturated carbocycles. The van der Waals surface area contributed by atoms with Gasteiger partial charge in [-0.25, -0.2) is 4.98 Å². The fraction of sp³-hybridized carbons (Fsp3) is 0.333. The van der Waals surface area contributed by atoms with E-state index in [1.807, 2.05) is 35.2 Å². The van der Waals surface area contributed by atoms with E-state index in [1.54, 1.807) is 12.4 Å². The Morgan fingerprint density at radius 2 is 1.93 bits per heavy atom. The molecule has 0 aliphatic carbocycles. The van der Waals surface area contributed by atoms with Gasteiger partial charge in [0.2, 0.25) is 5.91 Å². The minimum absolute atomic E-state index is 0.0230. The summed E-state index contributed by atoms with van der Waals surface area (Å²) in [5, 5.41) is 7.40. The zero-order valence-electron chi connectivity index (χ0n) is 15.2. The average Bonchev–Trinajstić information content (AvgIpc) is 3.23. The highest BCUT2D eigenvalue weighted by molar-refractivity contribution is 5.77. The highest BCUT2D eigenvalue weighted by Crippen LogP contribution is 2.30. The highest BCUT2D eigenvalue weighted by Gasteiger charge is 2.30. The maximum atomic E-state index is 12.9. The maximum Gasteiger partial charge on any atom is 0.223 e. The first kappa shape index (κ1) is 17.4. The average molecular weight is 361 g/mol. The van der Waals surface area contributed by atoms with E-state index in [0.717, 1.165) is 43.6 Å². The van der Waals surface area contributed by atoms with Crippen LogP contribution in [0.2, 0.25) is 0 Å². The van der Waals surface area contributed by atoms with Crippen molar-refractivity contribution in [2.24, 2.45) is 0 Å². The van der Waals surface area contributed by atoms with Crippen LogP contribution < -0.4 is 0 Å². The summed E-state index contributed by atoms with van der Waals surface area (Å²) in [4.78, 5) is 23.6. The molecular formula is C21H23N5O. The molecule has 1 aliphatic heterocycles. The molecule has 0 spiro atoms. The van der Waals surface area contributed by atoms with Crippen LogP contribution >= 0.6 is 0 Å². The minimum Gasteiger partial charge on any atom is -0.332 e. The van der Waals surface area contributed by atoms with Gasteiger partial charge in [-0.1, -0.05) is 30.3 Å². The number of aromatic amines is 1. The van der Waals surface area contributed by atoms with Gasteiger partial charge in [0.05, 0.1) is 6.04 Å². The Morgan fingerprint density at radius 1 is 1.11 bits per heavy atom. The van der Waals surface area contributed by atoms with Gasteiger partial charge >= 0.3 is 0 Å². The number of aryl methyl sites for hydroxylation is 1. The van der Waals surface area contributed by atoms with E-state index in [2.05, 4.69) is 32.3 Å². The number of likely N-dealkylation sites (tertiary alicyclic amines) is 1. The monoisotopic (exact) mass is 361 g/mol. The van der Waals surface area contributed by atoms with Crippen LogP contribution in [0, 0.1) is 0 Å². The van der Waals surface area contributed by atoms with Crippen molar-refractivity contribution in [3.63, 3.8) is 0 Å². The second kappa shape index (κ2) is 8.12. The molecule has 1 fully saturated rings. The summed E-state index contributed by atoms with van der Waals surface area (Å²) in [5.41, 5.74) is 2.12. The lowest BCUT2D eigenvalue weighted by Gasteiger charge is -2.34. The molecule has 1 aromatic carbocycles. The first-order chi connectivity index (χ1) is 13.3. The summed E-state index contributed by atoms with van der Waals surface area (Å²) in [6.07, 6.45) is 7.80. The summed E-state index contributed by atoms with van der Waals surface area (Å²) in [6.45, 7) is 0.781. The molecule has 27 heavy (non-hydrogen) atoms. The first-order valence-corrected chi connectivity index (χ1v) is 9.47. The van der Waals surface area contributed by atoms with Gasteiger partial charge in [0.15, 0.2) is 5.82 Å². The summed E-state index contributed by atoms with van der Waals surface area (Å²) in [6, 6.07) is 13.9. The van der Waals surface area contributed by atoms with Crippen molar-refractivity contribution in [1.82, 2.24) is 25.1 Å². The molecule has 0 radical (unpaired) electrons. The lowest BCUT2D eigenvalue weighted by molar-refractivity contribution is -0.135. The number of aromatic nitrogens is 4. The number of hydrogen-bond acceptors (Lipinski definition) is 4. The van der Waals surface area contributed by atoms with Crippen LogP contribution in [0.25, 0.3) is 11.4 Å². The molecule has 1 aliphatic rings. The van der Waals surface area contributed by atoms with Gasteiger partial charge in [0, 0.05) is 30.9 Å². The second-order valence-electron chi connectivity index (χ2n) is 6.86. The molecule has 1 atom stereocenters. The van der Waals surface area contributed by atoms with E-state index >= 15 is 0 Å². The normalized spacial score (nSPS) is 17.0. The van der Waals surface area contributed by atoms with Crippen LogP contribution in [0.5, 0.6) is 0 Å². The molecule has 1 N–H and O–H groups in total. The lowest BCUT2D eigenvalue weighted by Crippen LogP contribution is -2.39. The van der Waals surface area contributed by atoms with Crippen LogP contribution in [0.15, 0.2) is 54.9 Å². The molecule has 6 nitrogen and oxygen atoms in total. The van der Waals surface area contributed by atoms with Crippen LogP contribution in [-0.4, -0.2) is 37.5 Å². The van der Waals surface area contributed by atoms with E-state index in [4.69, 9.17) is 0 Å². The van der Waals surface area contributed by atoms with Crippen molar-refractivity contribution < 1.29 is 4.79 Å². The van der Waals surface area contributed by atoms with Crippen LogP contribution in [-0.2, 0) is 11.2 Å². The Hall–Kier alpha value is -3.02. The number of rotatable bonds is 5. The molecule has 2 aromatic heterocycles. The molecule has 4 rings (SSSR count). The molecule has 1 amide bonds. The quantitative estimate of drug-likeness (QED) is 0.754. The van der Waals surface area contributed by atoms with E-state index in [-0.39, 0.29) is 11.9 Å². The van der Waals surface area contributed by atoms with E-state index in [9.17, 15) is 4.79 Å². The first-order valence-electron chi connectivity index (χ1n) is 9.47. The Bertz CT molecular complexity index is 878. The standard InChI is InChI=1S/C21H23N5O/c27-19(10-9-16-6-2-1-3-7-16)26-15-5-4-8-18(26)21-23-20(24-25-21)17-11-13-22-14-12-17/h1-3,6-7,11-14,18H,4-5,8-10,15H2,(H,23,24,25). The van der Waals surface area contributed by atoms with Gasteiger partial charge in [0.25, 0.3) is 0 Å². The lowest BCUT2D eigenvalue weighted by atomic mass is 10.00. The zero-order chi connectivity index (χ0) is 18.5. The summed E-state index contributed by atoms with van der Waals surface area (Å²) in [5.74, 6) is 1.61. The predicted octanol–water partition coefficient (Wildman–Crippen LogP) is 3.55. The number of amides is 1. The summed E-state index contributed by atoms with van der Waals surface area (Å²) in [7, 11) is 0. The molecule has 3 heterocycles. The van der Waals surface area contributed by atoms with E-state index < -0.39 is 0 Å². The number of nitrogens with one attached hydrogen (secondary N) is 1. The second-order valence-corrected chi connectivity index (χ2v) is 6.86. The predicted molar refractivity (Wildman–Crippen MR) is 103 cm³/mol. The molecule has 0 bridgehead atoms. The maximum absolute atomic E-state index is 12.9. The SMILES string of the molecule is O=C(CCc1ccccc1)N1CCCCC1c1nc(-c2ccncc2)n[nH]1. The van der Waals surface area contributed by atoms with Crippen molar-refractivity contribution in [1.29, 1.82) is 0 Å². The zero-order valence-corrected chi connectivity index (χ0v) is 15.2. The Kier molecular flexibility index (Phi) is 5.23. The third kappa shape index (κ3) is 4.05. The van der Waals surface area contributed by atoms with Crippen LogP contribution in [0.3, 0.4) is 0 Å². The molecular weight excluding hydrogens is 338 g/mol. The number of nitrogens with zero attached hydrogens (tertiary/aromatic N) is 4. The topological polar surface area (TPSA) is 74.8 Å². The van der Waals surface area contributed by atoms with Crippen molar-refractivity contribution in [2.45, 2.75) is 38.1 Å².